The fourth-order valence-electron chi connectivity index (χ4n) is 6.83. The van der Waals surface area contributed by atoms with Gasteiger partial charge in [-0.15, -0.1) is 0 Å². The third-order valence-electron chi connectivity index (χ3n) is 10.1. The number of rotatable bonds is 15. The number of aromatic nitrogens is 4. The summed E-state index contributed by atoms with van der Waals surface area (Å²) in [7, 11) is 0. The first-order valence-corrected chi connectivity index (χ1v) is 20.0. The molecule has 17 nitrogen and oxygen atoms in total. The number of hydrogen-bond donors (Lipinski definition) is 5. The number of hydrogen-bond acceptors (Lipinski definition) is 11. The number of ether oxygens (including phenoxy) is 1. The molecule has 1 saturated carbocycles. The molecule has 1 aromatic carbocycles. The van der Waals surface area contributed by atoms with Gasteiger partial charge in [-0.05, 0) is 87.1 Å². The lowest BCUT2D eigenvalue weighted by molar-refractivity contribution is -0.142. The van der Waals surface area contributed by atoms with Gasteiger partial charge in [0.15, 0.2) is 11.4 Å². The zero-order valence-corrected chi connectivity index (χ0v) is 34.8. The van der Waals surface area contributed by atoms with Crippen LogP contribution in [-0.2, 0) is 25.7 Å². The number of halogens is 2. The first-order valence-electron chi connectivity index (χ1n) is 20.0. The predicted octanol–water partition coefficient (Wildman–Crippen LogP) is 6.18. The van der Waals surface area contributed by atoms with Crippen LogP contribution in [0.25, 0.3) is 17.1 Å². The zero-order valence-electron chi connectivity index (χ0n) is 34.8. The number of alkyl carbamates (subject to hydrolysis) is 1. The fraction of sp³-hybridized carbons (Fsp3) is 0.476. The number of nitrogens with zero attached hydrogens (tertiary/aromatic N) is 5. The minimum atomic E-state index is -3.03. The van der Waals surface area contributed by atoms with Crippen molar-refractivity contribution in [2.75, 3.05) is 23.7 Å². The first-order chi connectivity index (χ1) is 28.7. The number of oxazole rings is 1. The van der Waals surface area contributed by atoms with E-state index in [4.69, 9.17) is 9.15 Å². The van der Waals surface area contributed by atoms with Gasteiger partial charge in [0.2, 0.25) is 17.7 Å². The second-order valence-corrected chi connectivity index (χ2v) is 17.5. The van der Waals surface area contributed by atoms with E-state index in [1.807, 2.05) is 0 Å². The van der Waals surface area contributed by atoms with Crippen molar-refractivity contribution in [1.29, 1.82) is 0 Å². The number of nitrogens with one attached hydrogen (secondary N) is 4. The van der Waals surface area contributed by atoms with Crippen molar-refractivity contribution in [3.63, 3.8) is 0 Å². The number of alkyl halides is 2. The van der Waals surface area contributed by atoms with Crippen LogP contribution in [0.4, 0.5) is 25.1 Å². The van der Waals surface area contributed by atoms with E-state index in [9.17, 15) is 37.9 Å². The molecule has 61 heavy (non-hydrogen) atoms. The van der Waals surface area contributed by atoms with Crippen molar-refractivity contribution in [1.82, 2.24) is 35.3 Å². The van der Waals surface area contributed by atoms with Crippen molar-refractivity contribution in [2.45, 2.75) is 97.9 Å². The second-order valence-electron chi connectivity index (χ2n) is 17.5. The number of likely N-dealkylation sites (tertiary alicyclic amines) is 1. The molecule has 2 fully saturated rings. The second kappa shape index (κ2) is 18.1. The Morgan fingerprint density at radius 2 is 1.74 bits per heavy atom. The van der Waals surface area contributed by atoms with Gasteiger partial charge < -0.3 is 40.4 Å². The van der Waals surface area contributed by atoms with Gasteiger partial charge in [0.1, 0.15) is 29.8 Å². The Labute approximate surface area is 351 Å². The summed E-state index contributed by atoms with van der Waals surface area (Å²) in [6, 6.07) is 7.79. The van der Waals surface area contributed by atoms with Crippen molar-refractivity contribution in [3.05, 3.63) is 72.0 Å². The van der Waals surface area contributed by atoms with Crippen LogP contribution in [0.5, 0.6) is 0 Å². The third kappa shape index (κ3) is 11.7. The van der Waals surface area contributed by atoms with E-state index in [1.165, 1.54) is 28.6 Å². The molecule has 19 heteroatoms. The quantitative estimate of drug-likeness (QED) is 0.0905. The van der Waals surface area contributed by atoms with Crippen LogP contribution >= 0.6 is 0 Å². The molecule has 4 amide bonds. The van der Waals surface area contributed by atoms with Gasteiger partial charge in [-0.2, -0.15) is 5.10 Å². The van der Waals surface area contributed by atoms with E-state index in [0.29, 0.717) is 28.6 Å². The van der Waals surface area contributed by atoms with E-state index < -0.39 is 70.9 Å². The minimum absolute atomic E-state index is 0.00236. The Balaban J connectivity index is 1.10. The number of carbonyl (C=O) groups is 5. The lowest BCUT2D eigenvalue weighted by Crippen LogP contribution is -2.58. The lowest BCUT2D eigenvalue weighted by atomic mass is 9.85. The maximum absolute atomic E-state index is 14.1. The highest BCUT2D eigenvalue weighted by Gasteiger charge is 2.45. The number of carbonyl (C=O) groups excluding carboxylic acids is 4. The van der Waals surface area contributed by atoms with E-state index in [1.54, 1.807) is 84.1 Å². The molecular weight excluding hydrogens is 797 g/mol. The molecule has 1 unspecified atom stereocenters. The van der Waals surface area contributed by atoms with Crippen LogP contribution in [0.3, 0.4) is 0 Å². The number of carboxylic acids is 1. The van der Waals surface area contributed by atoms with Crippen molar-refractivity contribution >= 4 is 41.3 Å². The van der Waals surface area contributed by atoms with Crippen LogP contribution < -0.4 is 21.3 Å². The standard InChI is InChI=1S/C42H51F2N9O8/c1-41(2,3)34(50-40(59)61-42(4,5)6)39(58)52-20-25(16-32(54)55)15-30(52)37(57)47-19-24-9-11-27(12-10-24)53-21-28(33(51-53)35(43)44)48-36(56)29-22-60-38(49-29)26-13-14-45-31(17-26)46-18-23-7-8-23/h9-14,17,21-23,25,30,34-35H,7-8,15-16,18-20H2,1-6H3,(H,45,46)(H,47,57)(H,48,56)(H,50,59)(H,54,55)/t25-,30+,34?/m1/s1. The zero-order chi connectivity index (χ0) is 44.2. The summed E-state index contributed by atoms with van der Waals surface area (Å²) in [6.45, 7) is 11.2. The number of carboxylic acid groups (broad SMARTS) is 1. The molecule has 0 bridgehead atoms. The molecule has 4 heterocycles. The summed E-state index contributed by atoms with van der Waals surface area (Å²) in [5.41, 5.74) is -1.08. The van der Waals surface area contributed by atoms with Crippen LogP contribution in [0.2, 0.25) is 0 Å². The largest absolute Gasteiger partial charge is 0.481 e. The molecule has 0 spiro atoms. The summed E-state index contributed by atoms with van der Waals surface area (Å²) in [6.07, 6.45) is 2.34. The molecule has 2 aliphatic rings. The maximum Gasteiger partial charge on any atom is 0.408 e. The van der Waals surface area contributed by atoms with E-state index >= 15 is 0 Å². The van der Waals surface area contributed by atoms with E-state index in [0.717, 1.165) is 12.8 Å². The molecule has 1 aliphatic carbocycles. The minimum Gasteiger partial charge on any atom is -0.481 e. The molecule has 326 valence electrons. The average Bonchev–Trinajstić information content (AvgIpc) is 3.51. The summed E-state index contributed by atoms with van der Waals surface area (Å²) in [5.74, 6) is -2.00. The molecule has 4 aromatic rings. The highest BCUT2D eigenvalue weighted by atomic mass is 19.3. The van der Waals surface area contributed by atoms with Crippen LogP contribution in [0, 0.1) is 17.3 Å². The molecule has 3 atom stereocenters. The van der Waals surface area contributed by atoms with Crippen molar-refractivity contribution < 1.29 is 47.0 Å². The average molecular weight is 848 g/mol. The Bertz CT molecular complexity index is 2240. The summed E-state index contributed by atoms with van der Waals surface area (Å²) in [5, 5.41) is 24.7. The summed E-state index contributed by atoms with van der Waals surface area (Å²) in [4.78, 5) is 75.0. The molecule has 6 rings (SSSR count). The molecule has 5 N–H and O–H groups in total. The number of aliphatic carboxylic acids is 1. The first kappa shape index (κ1) is 44.2. The van der Waals surface area contributed by atoms with Gasteiger partial charge in [0.25, 0.3) is 12.3 Å². The van der Waals surface area contributed by atoms with Gasteiger partial charge in [0.05, 0.1) is 17.6 Å². The van der Waals surface area contributed by atoms with Crippen LogP contribution in [-0.4, -0.2) is 90.3 Å². The topological polar surface area (TPSA) is 223 Å². The SMILES string of the molecule is CC(C)(C)OC(=O)NC(C(=O)N1C[C@@H](CC(=O)O)C[C@H]1C(=O)NCc1ccc(-n2cc(NC(=O)c3coc(-c4ccnc(NCC5CC5)c4)n3)c(C(F)F)n2)cc1)C(C)(C)C. The number of pyridine rings is 1. The number of benzene rings is 1. The van der Waals surface area contributed by atoms with Gasteiger partial charge in [-0.3, -0.25) is 19.2 Å². The molecule has 1 aliphatic heterocycles. The Kier molecular flexibility index (Phi) is 13.1. The Morgan fingerprint density at radius 1 is 1.02 bits per heavy atom. The van der Waals surface area contributed by atoms with E-state index in [2.05, 4.69) is 36.3 Å². The maximum atomic E-state index is 14.1. The van der Waals surface area contributed by atoms with Gasteiger partial charge in [0, 0.05) is 37.8 Å². The Hall–Kier alpha value is -6.40. The Morgan fingerprint density at radius 3 is 2.38 bits per heavy atom. The predicted molar refractivity (Wildman–Crippen MR) is 218 cm³/mol. The van der Waals surface area contributed by atoms with E-state index in [-0.39, 0.29) is 43.2 Å². The fourth-order valence-corrected chi connectivity index (χ4v) is 6.83. The monoisotopic (exact) mass is 847 g/mol. The summed E-state index contributed by atoms with van der Waals surface area (Å²) >= 11 is 0. The van der Waals surface area contributed by atoms with Crippen molar-refractivity contribution in [2.24, 2.45) is 17.3 Å². The lowest BCUT2D eigenvalue weighted by Gasteiger charge is -2.35. The normalized spacial score (nSPS) is 17.2. The van der Waals surface area contributed by atoms with Crippen LogP contribution in [0.1, 0.15) is 95.4 Å². The highest BCUT2D eigenvalue weighted by molar-refractivity contribution is 6.03. The van der Waals surface area contributed by atoms with Gasteiger partial charge >= 0.3 is 12.1 Å². The molecule has 1 saturated heterocycles. The highest BCUT2D eigenvalue weighted by Crippen LogP contribution is 2.32. The summed E-state index contributed by atoms with van der Waals surface area (Å²) < 4.78 is 40.4. The number of anilines is 2. The van der Waals surface area contributed by atoms with Crippen molar-refractivity contribution in [3.8, 4) is 17.1 Å². The smallest absolute Gasteiger partial charge is 0.408 e. The number of amides is 4. The molecule has 0 radical (unpaired) electrons. The molecule has 3 aromatic heterocycles. The third-order valence-corrected chi connectivity index (χ3v) is 10.1. The van der Waals surface area contributed by atoms with Gasteiger partial charge in [-0.1, -0.05) is 32.9 Å². The van der Waals surface area contributed by atoms with Gasteiger partial charge in [-0.25, -0.2) is 28.2 Å². The molecular formula is C42H51F2N9O8. The van der Waals surface area contributed by atoms with Crippen LogP contribution in [0.15, 0.2) is 59.5 Å².